The highest BCUT2D eigenvalue weighted by Gasteiger charge is 2.11. The van der Waals surface area contributed by atoms with E-state index >= 15 is 0 Å². The van der Waals surface area contributed by atoms with E-state index in [4.69, 9.17) is 0 Å². The van der Waals surface area contributed by atoms with Crippen LogP contribution in [0.3, 0.4) is 0 Å². The summed E-state index contributed by atoms with van der Waals surface area (Å²) in [5.41, 5.74) is 1.04. The van der Waals surface area contributed by atoms with Gasteiger partial charge in [-0.2, -0.15) is 5.10 Å². The van der Waals surface area contributed by atoms with Crippen LogP contribution in [0.1, 0.15) is 10.4 Å². The zero-order valence-corrected chi connectivity index (χ0v) is 13.1. The fourth-order valence-electron chi connectivity index (χ4n) is 2.11. The van der Waals surface area contributed by atoms with Gasteiger partial charge in [-0.05, 0) is 30.3 Å². The van der Waals surface area contributed by atoms with E-state index in [1.54, 1.807) is 29.3 Å². The van der Waals surface area contributed by atoms with Crippen molar-refractivity contribution in [3.05, 3.63) is 60.6 Å². The van der Waals surface area contributed by atoms with Crippen molar-refractivity contribution in [2.75, 3.05) is 24.3 Å². The Morgan fingerprint density at radius 3 is 2.75 bits per heavy atom. The second kappa shape index (κ2) is 6.45. The molecule has 24 heavy (non-hydrogen) atoms. The first-order valence-corrected chi connectivity index (χ1v) is 7.14. The molecule has 0 aliphatic heterocycles. The molecule has 0 saturated heterocycles. The van der Waals surface area contributed by atoms with Crippen LogP contribution in [-0.2, 0) is 0 Å². The number of aromatic nitrogens is 4. The summed E-state index contributed by atoms with van der Waals surface area (Å²) in [7, 11) is 3.67. The molecule has 122 valence electrons. The molecular weight excluding hydrogens is 311 g/mol. The number of benzene rings is 1. The highest BCUT2D eigenvalue weighted by molar-refractivity contribution is 6.04. The summed E-state index contributed by atoms with van der Waals surface area (Å²) in [6.45, 7) is 0. The van der Waals surface area contributed by atoms with E-state index in [-0.39, 0.29) is 11.6 Å². The Morgan fingerprint density at radius 1 is 1.25 bits per heavy atom. The van der Waals surface area contributed by atoms with Gasteiger partial charge in [0.25, 0.3) is 5.91 Å². The molecule has 7 nitrogen and oxygen atoms in total. The zero-order chi connectivity index (χ0) is 17.1. The minimum atomic E-state index is -0.512. The Bertz CT molecular complexity index is 863. The molecule has 0 bridgehead atoms. The van der Waals surface area contributed by atoms with Crippen LogP contribution >= 0.6 is 0 Å². The van der Waals surface area contributed by atoms with E-state index in [9.17, 15) is 9.18 Å². The van der Waals surface area contributed by atoms with Crippen LogP contribution in [0.15, 0.2) is 49.2 Å². The fraction of sp³-hybridized carbons (Fsp3) is 0.125. The van der Waals surface area contributed by atoms with Gasteiger partial charge in [0, 0.05) is 31.5 Å². The largest absolute Gasteiger partial charge is 0.363 e. The van der Waals surface area contributed by atoms with Gasteiger partial charge in [0.15, 0.2) is 5.82 Å². The predicted octanol–water partition coefficient (Wildman–Crippen LogP) is 2.12. The summed E-state index contributed by atoms with van der Waals surface area (Å²) in [5, 5.41) is 6.55. The maximum atomic E-state index is 14.2. The Kier molecular flexibility index (Phi) is 4.19. The Balaban J connectivity index is 1.80. The van der Waals surface area contributed by atoms with Gasteiger partial charge in [0.2, 0.25) is 0 Å². The van der Waals surface area contributed by atoms with Crippen LogP contribution in [0.5, 0.6) is 0 Å². The lowest BCUT2D eigenvalue weighted by atomic mass is 10.2. The molecule has 0 radical (unpaired) electrons. The van der Waals surface area contributed by atoms with Crippen LogP contribution < -0.4 is 10.2 Å². The van der Waals surface area contributed by atoms with Crippen molar-refractivity contribution in [1.82, 2.24) is 19.7 Å². The molecule has 1 aromatic carbocycles. The number of hydrogen-bond acceptors (Lipinski definition) is 5. The van der Waals surface area contributed by atoms with E-state index in [0.717, 1.165) is 0 Å². The molecule has 3 rings (SSSR count). The molecule has 0 fully saturated rings. The van der Waals surface area contributed by atoms with Gasteiger partial charge in [0.05, 0.1) is 0 Å². The van der Waals surface area contributed by atoms with Crippen LogP contribution in [0, 0.1) is 5.82 Å². The number of halogens is 1. The molecule has 0 atom stereocenters. The second-order valence-corrected chi connectivity index (χ2v) is 5.26. The maximum absolute atomic E-state index is 14.2. The van der Waals surface area contributed by atoms with E-state index < -0.39 is 5.82 Å². The highest BCUT2D eigenvalue weighted by atomic mass is 19.1. The maximum Gasteiger partial charge on any atom is 0.255 e. The first-order valence-electron chi connectivity index (χ1n) is 7.14. The SMILES string of the molecule is CN(C)c1cc(C(=O)Nc2ccc(-n3cncn3)c(F)c2)ccn1. The number of pyridine rings is 1. The average molecular weight is 326 g/mol. The molecule has 0 saturated carbocycles. The summed E-state index contributed by atoms with van der Waals surface area (Å²) in [4.78, 5) is 22.0. The molecule has 2 heterocycles. The Morgan fingerprint density at radius 2 is 2.08 bits per heavy atom. The van der Waals surface area contributed by atoms with Gasteiger partial charge < -0.3 is 10.2 Å². The van der Waals surface area contributed by atoms with Crippen molar-refractivity contribution >= 4 is 17.4 Å². The first kappa shape index (κ1) is 15.6. The summed E-state index contributed by atoms with van der Waals surface area (Å²) in [6, 6.07) is 7.63. The molecule has 2 aromatic heterocycles. The zero-order valence-electron chi connectivity index (χ0n) is 13.1. The van der Waals surface area contributed by atoms with Crippen molar-refractivity contribution in [2.45, 2.75) is 0 Å². The summed E-state index contributed by atoms with van der Waals surface area (Å²) in [6.07, 6.45) is 4.27. The number of carbonyl (C=O) groups is 1. The number of hydrogen-bond donors (Lipinski definition) is 1. The summed E-state index contributed by atoms with van der Waals surface area (Å²) in [5.74, 6) is -0.189. The standard InChI is InChI=1S/C16H15FN6O/c1-22(2)15-7-11(5-6-19-15)16(24)21-12-3-4-14(13(17)8-12)23-10-18-9-20-23/h3-10H,1-2H3,(H,21,24). The van der Waals surface area contributed by atoms with Gasteiger partial charge >= 0.3 is 0 Å². The molecule has 0 aliphatic carbocycles. The first-order chi connectivity index (χ1) is 11.5. The normalized spacial score (nSPS) is 10.5. The quantitative estimate of drug-likeness (QED) is 0.795. The number of amides is 1. The summed E-state index contributed by atoms with van der Waals surface area (Å²) >= 11 is 0. The molecule has 8 heteroatoms. The van der Waals surface area contributed by atoms with Crippen LogP contribution in [-0.4, -0.2) is 39.8 Å². The fourth-order valence-corrected chi connectivity index (χ4v) is 2.11. The molecule has 0 unspecified atom stereocenters. The number of nitrogens with zero attached hydrogens (tertiary/aromatic N) is 5. The third kappa shape index (κ3) is 3.22. The molecule has 0 aliphatic rings. The highest BCUT2D eigenvalue weighted by Crippen LogP contribution is 2.18. The van der Waals surface area contributed by atoms with Gasteiger partial charge in [0.1, 0.15) is 24.2 Å². The Hall–Kier alpha value is -3.29. The molecular formula is C16H15FN6O. The van der Waals surface area contributed by atoms with E-state index in [1.165, 1.54) is 29.5 Å². The smallest absolute Gasteiger partial charge is 0.255 e. The third-order valence-electron chi connectivity index (χ3n) is 3.34. The number of rotatable bonds is 4. The van der Waals surface area contributed by atoms with Crippen LogP contribution in [0.2, 0.25) is 0 Å². The van der Waals surface area contributed by atoms with Crippen molar-refractivity contribution in [3.8, 4) is 5.69 Å². The van der Waals surface area contributed by atoms with E-state index in [1.807, 2.05) is 14.1 Å². The van der Waals surface area contributed by atoms with Crippen LogP contribution in [0.25, 0.3) is 5.69 Å². The van der Waals surface area contributed by atoms with Gasteiger partial charge in [-0.15, -0.1) is 0 Å². The lowest BCUT2D eigenvalue weighted by Gasteiger charge is -2.12. The lowest BCUT2D eigenvalue weighted by Crippen LogP contribution is -2.15. The van der Waals surface area contributed by atoms with Crippen LogP contribution in [0.4, 0.5) is 15.9 Å². The van der Waals surface area contributed by atoms with E-state index in [2.05, 4.69) is 20.4 Å². The monoisotopic (exact) mass is 326 g/mol. The Labute approximate surface area is 137 Å². The second-order valence-electron chi connectivity index (χ2n) is 5.26. The number of carbonyl (C=O) groups excluding carboxylic acids is 1. The van der Waals surface area contributed by atoms with Crippen molar-refractivity contribution in [3.63, 3.8) is 0 Å². The molecule has 1 amide bonds. The van der Waals surface area contributed by atoms with Gasteiger partial charge in [-0.3, -0.25) is 4.79 Å². The lowest BCUT2D eigenvalue weighted by molar-refractivity contribution is 0.102. The van der Waals surface area contributed by atoms with Gasteiger partial charge in [-0.25, -0.2) is 19.0 Å². The molecule has 0 spiro atoms. The van der Waals surface area contributed by atoms with Crippen molar-refractivity contribution in [2.24, 2.45) is 0 Å². The predicted molar refractivity (Wildman–Crippen MR) is 87.8 cm³/mol. The number of nitrogens with one attached hydrogen (secondary N) is 1. The minimum Gasteiger partial charge on any atom is -0.363 e. The number of anilines is 2. The molecule has 3 aromatic rings. The topological polar surface area (TPSA) is 75.9 Å². The van der Waals surface area contributed by atoms with Crippen molar-refractivity contribution < 1.29 is 9.18 Å². The van der Waals surface area contributed by atoms with Gasteiger partial charge in [-0.1, -0.05) is 0 Å². The summed E-state index contributed by atoms with van der Waals surface area (Å²) < 4.78 is 15.5. The minimum absolute atomic E-state index is 0.254. The average Bonchev–Trinajstić information content (AvgIpc) is 3.09. The molecule has 1 N–H and O–H groups in total. The van der Waals surface area contributed by atoms with E-state index in [0.29, 0.717) is 17.1 Å². The van der Waals surface area contributed by atoms with Crippen molar-refractivity contribution in [1.29, 1.82) is 0 Å². The third-order valence-corrected chi connectivity index (χ3v) is 3.34.